The van der Waals surface area contributed by atoms with Crippen molar-refractivity contribution in [2.75, 3.05) is 12.4 Å². The highest BCUT2D eigenvalue weighted by Crippen LogP contribution is 2.32. The van der Waals surface area contributed by atoms with Gasteiger partial charge in [0, 0.05) is 28.0 Å². The van der Waals surface area contributed by atoms with Crippen LogP contribution in [0.1, 0.15) is 5.56 Å². The Balaban J connectivity index is 2.05. The van der Waals surface area contributed by atoms with Crippen molar-refractivity contribution in [1.82, 2.24) is 9.97 Å². The molecule has 3 aromatic rings. The van der Waals surface area contributed by atoms with Crippen molar-refractivity contribution in [3.05, 3.63) is 62.2 Å². The van der Waals surface area contributed by atoms with Crippen LogP contribution in [0.4, 0.5) is 20.2 Å². The van der Waals surface area contributed by atoms with E-state index in [-0.39, 0.29) is 39.5 Å². The van der Waals surface area contributed by atoms with Gasteiger partial charge in [-0.3, -0.25) is 10.1 Å². The molecule has 134 valence electrons. The van der Waals surface area contributed by atoms with Crippen molar-refractivity contribution in [3.63, 3.8) is 0 Å². The lowest BCUT2D eigenvalue weighted by Crippen LogP contribution is -2.08. The summed E-state index contributed by atoms with van der Waals surface area (Å²) < 4.78 is 33.3. The second kappa shape index (κ2) is 7.16. The van der Waals surface area contributed by atoms with Crippen molar-refractivity contribution < 1.29 is 18.4 Å². The normalized spacial score (nSPS) is 10.8. The third-order valence-electron chi connectivity index (χ3n) is 3.64. The van der Waals surface area contributed by atoms with Gasteiger partial charge in [0.1, 0.15) is 23.5 Å². The van der Waals surface area contributed by atoms with Crippen LogP contribution < -0.4 is 10.1 Å². The van der Waals surface area contributed by atoms with Crippen LogP contribution >= 0.6 is 15.9 Å². The number of benzene rings is 1. The Labute approximate surface area is 154 Å². The predicted octanol–water partition coefficient (Wildman–Crippen LogP) is 4.20. The number of rotatable bonds is 5. The van der Waals surface area contributed by atoms with Crippen molar-refractivity contribution in [3.8, 4) is 5.88 Å². The molecule has 0 bridgehead atoms. The quantitative estimate of drug-likeness (QED) is 0.487. The molecule has 0 amide bonds. The lowest BCUT2D eigenvalue weighted by molar-refractivity contribution is -0.384. The Morgan fingerprint density at radius 1 is 1.31 bits per heavy atom. The first-order valence-electron chi connectivity index (χ1n) is 7.26. The molecular weight excluding hydrogens is 414 g/mol. The third kappa shape index (κ3) is 3.40. The Morgan fingerprint density at radius 3 is 2.62 bits per heavy atom. The van der Waals surface area contributed by atoms with Gasteiger partial charge in [-0.25, -0.2) is 13.8 Å². The molecule has 0 aliphatic rings. The number of fused-ring (bicyclic) bond motifs is 1. The number of pyridine rings is 2. The molecule has 3 rings (SSSR count). The number of hydrogen-bond donors (Lipinski definition) is 1. The number of ether oxygens (including phenoxy) is 1. The van der Waals surface area contributed by atoms with Gasteiger partial charge in [-0.05, 0) is 18.2 Å². The van der Waals surface area contributed by atoms with Gasteiger partial charge in [-0.15, -0.1) is 0 Å². The maximum atomic E-state index is 14.0. The molecule has 26 heavy (non-hydrogen) atoms. The number of nitrogens with one attached hydrogen (secondary N) is 1. The van der Waals surface area contributed by atoms with E-state index in [1.807, 2.05) is 0 Å². The summed E-state index contributed by atoms with van der Waals surface area (Å²) in [6.07, 6.45) is 1.03. The fraction of sp³-hybridized carbons (Fsp3) is 0.125. The van der Waals surface area contributed by atoms with E-state index in [2.05, 4.69) is 31.2 Å². The van der Waals surface area contributed by atoms with Gasteiger partial charge >= 0.3 is 5.69 Å². The van der Waals surface area contributed by atoms with Crippen LogP contribution in [-0.4, -0.2) is 22.0 Å². The number of nitro groups is 1. The standard InChI is InChI=1S/C16H11BrF2N4O3/c1-26-14-3-2-9-15(13(23(24)25)7-21-16(9)22-14)20-6-10-11(18)4-8(17)5-12(10)19/h2-5,7H,6H2,1H3,(H,20,21,22). The maximum Gasteiger partial charge on any atom is 0.311 e. The zero-order valence-corrected chi connectivity index (χ0v) is 14.9. The minimum absolute atomic E-state index is 0.0665. The number of anilines is 1. The molecule has 2 aromatic heterocycles. The average molecular weight is 425 g/mol. The van der Waals surface area contributed by atoms with E-state index < -0.39 is 16.6 Å². The summed E-state index contributed by atoms with van der Waals surface area (Å²) in [5.74, 6) is -1.26. The number of methoxy groups -OCH3 is 1. The zero-order valence-electron chi connectivity index (χ0n) is 13.3. The smallest absolute Gasteiger partial charge is 0.311 e. The first kappa shape index (κ1) is 17.9. The van der Waals surface area contributed by atoms with E-state index in [0.717, 1.165) is 18.3 Å². The molecule has 0 spiro atoms. The molecule has 0 radical (unpaired) electrons. The predicted molar refractivity (Wildman–Crippen MR) is 94.1 cm³/mol. The average Bonchev–Trinajstić information content (AvgIpc) is 2.59. The molecule has 7 nitrogen and oxygen atoms in total. The molecule has 0 saturated heterocycles. The van der Waals surface area contributed by atoms with Gasteiger partial charge in [0.2, 0.25) is 5.88 Å². The molecule has 10 heteroatoms. The Hall–Kier alpha value is -2.88. The SMILES string of the molecule is COc1ccc2c(NCc3c(F)cc(Br)cc3F)c([N+](=O)[O-])cnc2n1. The van der Waals surface area contributed by atoms with Crippen molar-refractivity contribution in [2.45, 2.75) is 6.54 Å². The molecule has 0 atom stereocenters. The van der Waals surface area contributed by atoms with Gasteiger partial charge in [0.05, 0.1) is 12.0 Å². The van der Waals surface area contributed by atoms with Crippen LogP contribution in [0.5, 0.6) is 5.88 Å². The molecule has 0 aliphatic heterocycles. The van der Waals surface area contributed by atoms with E-state index in [0.29, 0.717) is 5.39 Å². The third-order valence-corrected chi connectivity index (χ3v) is 4.10. The maximum absolute atomic E-state index is 14.0. The minimum atomic E-state index is -0.773. The molecule has 2 heterocycles. The summed E-state index contributed by atoms with van der Waals surface area (Å²) in [6.45, 7) is -0.295. The van der Waals surface area contributed by atoms with E-state index >= 15 is 0 Å². The van der Waals surface area contributed by atoms with Crippen molar-refractivity contribution in [1.29, 1.82) is 0 Å². The number of halogens is 3. The second-order valence-corrected chi connectivity index (χ2v) is 6.12. The van der Waals surface area contributed by atoms with Crippen LogP contribution in [0.15, 0.2) is 34.9 Å². The zero-order chi connectivity index (χ0) is 18.8. The molecule has 1 aromatic carbocycles. The van der Waals surface area contributed by atoms with Crippen LogP contribution in [-0.2, 0) is 6.54 Å². The monoisotopic (exact) mass is 424 g/mol. The fourth-order valence-corrected chi connectivity index (χ4v) is 2.81. The number of nitrogens with zero attached hydrogens (tertiary/aromatic N) is 3. The highest BCUT2D eigenvalue weighted by Gasteiger charge is 2.20. The van der Waals surface area contributed by atoms with Gasteiger partial charge < -0.3 is 10.1 Å². The van der Waals surface area contributed by atoms with E-state index in [9.17, 15) is 18.9 Å². The van der Waals surface area contributed by atoms with Gasteiger partial charge in [-0.1, -0.05) is 15.9 Å². The van der Waals surface area contributed by atoms with E-state index in [4.69, 9.17) is 4.74 Å². The van der Waals surface area contributed by atoms with Crippen LogP contribution in [0.2, 0.25) is 0 Å². The highest BCUT2D eigenvalue weighted by atomic mass is 79.9. The van der Waals surface area contributed by atoms with E-state index in [1.54, 1.807) is 0 Å². The Bertz CT molecular complexity index is 993. The van der Waals surface area contributed by atoms with Gasteiger partial charge in [0.15, 0.2) is 5.65 Å². The van der Waals surface area contributed by atoms with Crippen LogP contribution in [0.3, 0.4) is 0 Å². The molecule has 0 unspecified atom stereocenters. The van der Waals surface area contributed by atoms with Crippen molar-refractivity contribution >= 4 is 38.3 Å². The van der Waals surface area contributed by atoms with Crippen molar-refractivity contribution in [2.24, 2.45) is 0 Å². The molecule has 0 fully saturated rings. The largest absolute Gasteiger partial charge is 0.481 e. The fourth-order valence-electron chi connectivity index (χ4n) is 2.41. The number of aromatic nitrogens is 2. The summed E-state index contributed by atoms with van der Waals surface area (Å²) in [6, 6.07) is 5.29. The first-order chi connectivity index (χ1) is 12.4. The number of hydrogen-bond acceptors (Lipinski definition) is 6. The Morgan fingerprint density at radius 2 is 2.00 bits per heavy atom. The van der Waals surface area contributed by atoms with E-state index in [1.165, 1.54) is 19.2 Å². The molecule has 0 saturated carbocycles. The summed E-state index contributed by atoms with van der Waals surface area (Å²) in [5.41, 5.74) is -0.303. The first-order valence-corrected chi connectivity index (χ1v) is 8.05. The molecular formula is C16H11BrF2N4O3. The highest BCUT2D eigenvalue weighted by molar-refractivity contribution is 9.10. The molecule has 1 N–H and O–H groups in total. The van der Waals surface area contributed by atoms with Crippen LogP contribution in [0, 0.1) is 21.7 Å². The lowest BCUT2D eigenvalue weighted by Gasteiger charge is -2.12. The van der Waals surface area contributed by atoms with Gasteiger partial charge in [0.25, 0.3) is 0 Å². The summed E-state index contributed by atoms with van der Waals surface area (Å²) in [4.78, 5) is 18.7. The topological polar surface area (TPSA) is 90.2 Å². The minimum Gasteiger partial charge on any atom is -0.481 e. The summed E-state index contributed by atoms with van der Waals surface area (Å²) >= 11 is 3.00. The summed E-state index contributed by atoms with van der Waals surface area (Å²) in [5, 5.41) is 14.4. The molecule has 0 aliphatic carbocycles. The second-order valence-electron chi connectivity index (χ2n) is 5.20. The Kier molecular flexibility index (Phi) is 4.94. The van der Waals surface area contributed by atoms with Gasteiger partial charge in [-0.2, -0.15) is 4.98 Å². The lowest BCUT2D eigenvalue weighted by atomic mass is 10.1. The van der Waals surface area contributed by atoms with Crippen LogP contribution in [0.25, 0.3) is 11.0 Å². The summed E-state index contributed by atoms with van der Waals surface area (Å²) in [7, 11) is 1.43.